The van der Waals surface area contributed by atoms with Crippen LogP contribution in [0.3, 0.4) is 0 Å². The first kappa shape index (κ1) is 13.8. The summed E-state index contributed by atoms with van der Waals surface area (Å²) in [6.07, 6.45) is 1.83. The number of carbonyl (C=O) groups is 2. The van der Waals surface area contributed by atoms with Gasteiger partial charge in [-0.3, -0.25) is 14.9 Å². The highest BCUT2D eigenvalue weighted by Gasteiger charge is 2.24. The summed E-state index contributed by atoms with van der Waals surface area (Å²) in [5.74, 6) is -1.85. The Morgan fingerprint density at radius 2 is 2.15 bits per heavy atom. The monoisotopic (exact) mass is 280 g/mol. The maximum atomic E-state index is 11.4. The largest absolute Gasteiger partial charge is 0.478 e. The molecule has 1 aromatic rings. The third-order valence-electron chi connectivity index (χ3n) is 2.70. The number of nitrogens with zero attached hydrogens (tertiary/aromatic N) is 1. The molecule has 0 unspecified atom stereocenters. The van der Waals surface area contributed by atoms with Crippen LogP contribution in [0.15, 0.2) is 18.2 Å². The summed E-state index contributed by atoms with van der Waals surface area (Å²) >= 11 is 0. The molecule has 1 fully saturated rings. The van der Waals surface area contributed by atoms with E-state index in [-0.39, 0.29) is 35.6 Å². The maximum absolute atomic E-state index is 11.4. The molecule has 106 valence electrons. The number of benzene rings is 1. The molecular formula is C12H12N2O6. The van der Waals surface area contributed by atoms with Gasteiger partial charge >= 0.3 is 11.7 Å². The van der Waals surface area contributed by atoms with Gasteiger partial charge in [0.05, 0.1) is 10.5 Å². The Morgan fingerprint density at radius 1 is 1.45 bits per heavy atom. The first-order valence-corrected chi connectivity index (χ1v) is 5.91. The van der Waals surface area contributed by atoms with Crippen LogP contribution in [0, 0.1) is 10.1 Å². The average Bonchev–Trinajstić information content (AvgIpc) is 3.19. The van der Waals surface area contributed by atoms with E-state index in [1.165, 1.54) is 0 Å². The van der Waals surface area contributed by atoms with Crippen LogP contribution in [-0.2, 0) is 4.79 Å². The van der Waals surface area contributed by atoms with Gasteiger partial charge in [0.25, 0.3) is 5.91 Å². The number of hydrogen-bond donors (Lipinski definition) is 2. The molecule has 20 heavy (non-hydrogen) atoms. The quantitative estimate of drug-likeness (QED) is 0.591. The second-order valence-corrected chi connectivity index (χ2v) is 4.38. The lowest BCUT2D eigenvalue weighted by Gasteiger charge is -2.07. The molecule has 0 bridgehead atoms. The third-order valence-corrected chi connectivity index (χ3v) is 2.70. The molecule has 2 N–H and O–H groups in total. The molecule has 1 saturated carbocycles. The smallest absolute Gasteiger partial charge is 0.335 e. The second-order valence-electron chi connectivity index (χ2n) is 4.38. The van der Waals surface area contributed by atoms with Crippen molar-refractivity contribution in [2.24, 2.45) is 0 Å². The number of carboxylic acid groups (broad SMARTS) is 1. The molecule has 8 nitrogen and oxygen atoms in total. The van der Waals surface area contributed by atoms with Crippen molar-refractivity contribution < 1.29 is 24.4 Å². The topological polar surface area (TPSA) is 119 Å². The zero-order valence-electron chi connectivity index (χ0n) is 10.4. The number of aromatic carboxylic acids is 1. The molecule has 1 aliphatic rings. The van der Waals surface area contributed by atoms with Crippen LogP contribution in [0.25, 0.3) is 0 Å². The van der Waals surface area contributed by atoms with E-state index in [1.54, 1.807) is 0 Å². The Bertz CT molecular complexity index is 567. The van der Waals surface area contributed by atoms with E-state index in [2.05, 4.69) is 5.32 Å². The SMILES string of the molecule is O=C(COc1cc(C(=O)O)ccc1[N+](=O)[O-])NC1CC1. The van der Waals surface area contributed by atoms with Gasteiger partial charge in [-0.2, -0.15) is 0 Å². The number of rotatable bonds is 6. The molecule has 1 amide bonds. The number of nitro benzene ring substituents is 1. The average molecular weight is 280 g/mol. The summed E-state index contributed by atoms with van der Waals surface area (Å²) in [6.45, 7) is -0.388. The molecule has 0 aliphatic heterocycles. The zero-order valence-corrected chi connectivity index (χ0v) is 10.4. The first-order chi connectivity index (χ1) is 9.47. The molecule has 0 aromatic heterocycles. The highest BCUT2D eigenvalue weighted by molar-refractivity contribution is 5.88. The summed E-state index contributed by atoms with van der Waals surface area (Å²) < 4.78 is 5.06. The summed E-state index contributed by atoms with van der Waals surface area (Å²) in [4.78, 5) is 32.4. The van der Waals surface area contributed by atoms with E-state index in [1.807, 2.05) is 0 Å². The minimum Gasteiger partial charge on any atom is -0.478 e. The Kier molecular flexibility index (Phi) is 3.83. The van der Waals surface area contributed by atoms with Crippen LogP contribution < -0.4 is 10.1 Å². The molecule has 0 atom stereocenters. The van der Waals surface area contributed by atoms with Crippen molar-refractivity contribution in [1.82, 2.24) is 5.32 Å². The Morgan fingerprint density at radius 3 is 2.70 bits per heavy atom. The highest BCUT2D eigenvalue weighted by Crippen LogP contribution is 2.28. The van der Waals surface area contributed by atoms with E-state index in [9.17, 15) is 19.7 Å². The standard InChI is InChI=1S/C12H12N2O6/c15-11(13-8-2-3-8)6-20-10-5-7(12(16)17)1-4-9(10)14(18)19/h1,4-5,8H,2-3,6H2,(H,13,15)(H,16,17). The van der Waals surface area contributed by atoms with Crippen LogP contribution in [0.4, 0.5) is 5.69 Å². The minimum atomic E-state index is -1.23. The predicted octanol–water partition coefficient (Wildman–Crippen LogP) is 0.950. The summed E-state index contributed by atoms with van der Waals surface area (Å²) in [7, 11) is 0. The molecule has 8 heteroatoms. The fraction of sp³-hybridized carbons (Fsp3) is 0.333. The van der Waals surface area contributed by atoms with Crippen molar-refractivity contribution in [2.45, 2.75) is 18.9 Å². The van der Waals surface area contributed by atoms with Gasteiger partial charge in [-0.05, 0) is 18.9 Å². The molecular weight excluding hydrogens is 268 g/mol. The minimum absolute atomic E-state index is 0.145. The van der Waals surface area contributed by atoms with Gasteiger partial charge in [0.15, 0.2) is 12.4 Å². The molecule has 1 aliphatic carbocycles. The summed E-state index contributed by atoms with van der Waals surface area (Å²) in [5.41, 5.74) is -0.526. The lowest BCUT2D eigenvalue weighted by atomic mass is 10.2. The van der Waals surface area contributed by atoms with Crippen LogP contribution in [0.2, 0.25) is 0 Å². The van der Waals surface area contributed by atoms with Crippen molar-refractivity contribution in [3.8, 4) is 5.75 Å². The van der Waals surface area contributed by atoms with Crippen LogP contribution in [0.5, 0.6) is 5.75 Å². The molecule has 2 rings (SSSR count). The van der Waals surface area contributed by atoms with E-state index >= 15 is 0 Å². The van der Waals surface area contributed by atoms with Crippen LogP contribution in [-0.4, -0.2) is 34.6 Å². The molecule has 0 heterocycles. The summed E-state index contributed by atoms with van der Waals surface area (Å²) in [5, 5.41) is 22.3. The second kappa shape index (κ2) is 5.55. The number of nitro groups is 1. The Labute approximate surface area is 113 Å². The maximum Gasteiger partial charge on any atom is 0.335 e. The number of ether oxygens (including phenoxy) is 1. The van der Waals surface area contributed by atoms with Gasteiger partial charge in [-0.15, -0.1) is 0 Å². The van der Waals surface area contributed by atoms with Gasteiger partial charge in [0.1, 0.15) is 0 Å². The van der Waals surface area contributed by atoms with Crippen molar-refractivity contribution in [2.75, 3.05) is 6.61 Å². The molecule has 1 aromatic carbocycles. The van der Waals surface area contributed by atoms with E-state index < -0.39 is 10.9 Å². The molecule has 0 saturated heterocycles. The predicted molar refractivity (Wildman–Crippen MR) is 66.7 cm³/mol. The van der Waals surface area contributed by atoms with E-state index in [4.69, 9.17) is 9.84 Å². The normalized spacial score (nSPS) is 13.6. The highest BCUT2D eigenvalue weighted by atomic mass is 16.6. The molecule has 0 radical (unpaired) electrons. The van der Waals surface area contributed by atoms with Crippen molar-refractivity contribution >= 4 is 17.6 Å². The fourth-order valence-corrected chi connectivity index (χ4v) is 1.55. The van der Waals surface area contributed by atoms with Gasteiger partial charge in [-0.1, -0.05) is 0 Å². The third kappa shape index (κ3) is 3.44. The van der Waals surface area contributed by atoms with Gasteiger partial charge in [0.2, 0.25) is 0 Å². The lowest BCUT2D eigenvalue weighted by molar-refractivity contribution is -0.385. The van der Waals surface area contributed by atoms with Gasteiger partial charge < -0.3 is 15.2 Å². The Hall–Kier alpha value is -2.64. The van der Waals surface area contributed by atoms with Crippen molar-refractivity contribution in [3.63, 3.8) is 0 Å². The van der Waals surface area contributed by atoms with Crippen molar-refractivity contribution in [1.29, 1.82) is 0 Å². The number of carbonyl (C=O) groups excluding carboxylic acids is 1. The van der Waals surface area contributed by atoms with Crippen molar-refractivity contribution in [3.05, 3.63) is 33.9 Å². The number of amides is 1. The van der Waals surface area contributed by atoms with E-state index in [0.717, 1.165) is 31.0 Å². The van der Waals surface area contributed by atoms with Gasteiger partial charge in [0, 0.05) is 18.2 Å². The van der Waals surface area contributed by atoms with Gasteiger partial charge in [-0.25, -0.2) is 4.79 Å². The number of nitrogens with one attached hydrogen (secondary N) is 1. The first-order valence-electron chi connectivity index (χ1n) is 5.91. The summed E-state index contributed by atoms with van der Waals surface area (Å²) in [6, 6.07) is 3.34. The lowest BCUT2D eigenvalue weighted by Crippen LogP contribution is -2.30. The zero-order chi connectivity index (χ0) is 14.7. The number of carboxylic acids is 1. The fourth-order valence-electron chi connectivity index (χ4n) is 1.55. The van der Waals surface area contributed by atoms with Crippen LogP contribution >= 0.6 is 0 Å². The number of hydrogen-bond acceptors (Lipinski definition) is 5. The Balaban J connectivity index is 2.10. The molecule has 0 spiro atoms. The van der Waals surface area contributed by atoms with E-state index in [0.29, 0.717) is 0 Å². The van der Waals surface area contributed by atoms with Crippen LogP contribution in [0.1, 0.15) is 23.2 Å².